The predicted molar refractivity (Wildman–Crippen MR) is 104 cm³/mol. The topological polar surface area (TPSA) is 52.9 Å². The molecule has 2 aromatic rings. The normalized spacial score (nSPS) is 19.0. The number of hydrogen-bond donors (Lipinski definition) is 1. The third-order valence-electron chi connectivity index (χ3n) is 4.10. The molecule has 3 heterocycles. The van der Waals surface area contributed by atoms with Crippen molar-refractivity contribution in [2.24, 2.45) is 9.98 Å². The smallest absolute Gasteiger partial charge is 0.172 e. The maximum atomic E-state index is 4.82. The van der Waals surface area contributed by atoms with Crippen molar-refractivity contribution >= 4 is 27.6 Å². The number of nitrogens with zero attached hydrogens (tertiary/aromatic N) is 4. The molecule has 4 rings (SSSR count). The Morgan fingerprint density at radius 1 is 1.12 bits per heavy atom. The molecule has 1 atom stereocenters. The third kappa shape index (κ3) is 3.64. The zero-order valence-corrected chi connectivity index (χ0v) is 15.2. The summed E-state index contributed by atoms with van der Waals surface area (Å²) in [5, 5.41) is 3.42. The molecule has 0 spiro atoms. The van der Waals surface area contributed by atoms with Gasteiger partial charge < -0.3 is 10.2 Å². The van der Waals surface area contributed by atoms with Crippen LogP contribution in [0.2, 0.25) is 0 Å². The Bertz CT molecular complexity index is 829. The molecule has 1 unspecified atom stereocenters. The maximum Gasteiger partial charge on any atom is 0.172 e. The number of aromatic nitrogens is 1. The molecule has 2 aliphatic heterocycles. The molecule has 1 aromatic carbocycles. The Morgan fingerprint density at radius 3 is 2.76 bits per heavy atom. The maximum absolute atomic E-state index is 4.82. The number of aliphatic imine (C=N–C) groups is 2. The van der Waals surface area contributed by atoms with Crippen molar-refractivity contribution in [3.05, 3.63) is 77.9 Å². The van der Waals surface area contributed by atoms with Gasteiger partial charge in [0.15, 0.2) is 11.7 Å². The average molecular weight is 396 g/mol. The number of halogens is 1. The molecule has 0 saturated carbocycles. The highest BCUT2D eigenvalue weighted by molar-refractivity contribution is 9.09. The number of hydrogen-bond acceptors (Lipinski definition) is 5. The highest BCUT2D eigenvalue weighted by Crippen LogP contribution is 2.24. The molecule has 25 heavy (non-hydrogen) atoms. The zero-order chi connectivity index (χ0) is 17.1. The van der Waals surface area contributed by atoms with Gasteiger partial charge in [-0.1, -0.05) is 52.3 Å². The molecular weight excluding hydrogens is 378 g/mol. The molecule has 0 fully saturated rings. The molecule has 0 radical (unpaired) electrons. The summed E-state index contributed by atoms with van der Waals surface area (Å²) in [6.07, 6.45) is 6.52. The van der Waals surface area contributed by atoms with Crippen LogP contribution in [0.5, 0.6) is 0 Å². The highest BCUT2D eigenvalue weighted by Gasteiger charge is 2.31. The minimum Gasteiger partial charge on any atom is -0.363 e. The SMILES string of the molecule is BrC1CN=C2C(NCc3cccnc3)=NC(Cc3ccccc3)=CN21. The Labute approximate surface area is 155 Å². The summed E-state index contributed by atoms with van der Waals surface area (Å²) in [6, 6.07) is 14.4. The van der Waals surface area contributed by atoms with Crippen LogP contribution in [-0.4, -0.2) is 33.1 Å². The number of amidine groups is 2. The summed E-state index contributed by atoms with van der Waals surface area (Å²) in [7, 11) is 0. The van der Waals surface area contributed by atoms with E-state index in [1.165, 1.54) is 5.56 Å². The Balaban J connectivity index is 1.56. The van der Waals surface area contributed by atoms with E-state index in [-0.39, 0.29) is 4.95 Å². The quantitative estimate of drug-likeness (QED) is 0.639. The van der Waals surface area contributed by atoms with Crippen LogP contribution in [0.25, 0.3) is 0 Å². The van der Waals surface area contributed by atoms with Gasteiger partial charge >= 0.3 is 0 Å². The van der Waals surface area contributed by atoms with Crippen molar-refractivity contribution in [1.29, 1.82) is 0 Å². The summed E-state index contributed by atoms with van der Waals surface area (Å²) in [6.45, 7) is 1.39. The third-order valence-corrected chi connectivity index (χ3v) is 4.83. The van der Waals surface area contributed by atoms with E-state index in [0.29, 0.717) is 6.54 Å². The van der Waals surface area contributed by atoms with Gasteiger partial charge in [-0.05, 0) is 17.2 Å². The number of allylic oxidation sites excluding steroid dienone is 1. The first-order valence-electron chi connectivity index (χ1n) is 8.23. The molecule has 5 nitrogen and oxygen atoms in total. The van der Waals surface area contributed by atoms with Crippen LogP contribution in [0.3, 0.4) is 0 Å². The van der Waals surface area contributed by atoms with E-state index >= 15 is 0 Å². The average Bonchev–Trinajstić information content (AvgIpc) is 3.03. The van der Waals surface area contributed by atoms with Crippen LogP contribution in [0.1, 0.15) is 11.1 Å². The van der Waals surface area contributed by atoms with E-state index in [9.17, 15) is 0 Å². The number of alkyl halides is 1. The number of nitrogens with one attached hydrogen (secondary N) is 1. The van der Waals surface area contributed by atoms with Gasteiger partial charge in [0.1, 0.15) is 4.95 Å². The first-order chi connectivity index (χ1) is 12.3. The second-order valence-electron chi connectivity index (χ2n) is 5.96. The second kappa shape index (κ2) is 7.19. The van der Waals surface area contributed by atoms with Crippen LogP contribution in [0.4, 0.5) is 0 Å². The largest absolute Gasteiger partial charge is 0.363 e. The molecule has 0 amide bonds. The first-order valence-corrected chi connectivity index (χ1v) is 9.14. The summed E-state index contributed by atoms with van der Waals surface area (Å²) in [5.41, 5.74) is 3.38. The molecule has 2 aliphatic rings. The van der Waals surface area contributed by atoms with Gasteiger partial charge in [0.05, 0.1) is 12.2 Å². The molecule has 126 valence electrons. The zero-order valence-electron chi connectivity index (χ0n) is 13.6. The molecular formula is C19H18BrN5. The van der Waals surface area contributed by atoms with E-state index in [0.717, 1.165) is 35.9 Å². The van der Waals surface area contributed by atoms with Crippen LogP contribution < -0.4 is 5.32 Å². The van der Waals surface area contributed by atoms with Crippen molar-refractivity contribution in [3.8, 4) is 0 Å². The Kier molecular flexibility index (Phi) is 4.61. The van der Waals surface area contributed by atoms with E-state index in [1.807, 2.05) is 24.4 Å². The number of pyridine rings is 1. The van der Waals surface area contributed by atoms with Gasteiger partial charge in [0, 0.05) is 31.6 Å². The van der Waals surface area contributed by atoms with Gasteiger partial charge in [-0.25, -0.2) is 4.99 Å². The monoisotopic (exact) mass is 395 g/mol. The van der Waals surface area contributed by atoms with Crippen molar-refractivity contribution < 1.29 is 0 Å². The van der Waals surface area contributed by atoms with Gasteiger partial charge in [0.2, 0.25) is 0 Å². The lowest BCUT2D eigenvalue weighted by atomic mass is 10.1. The van der Waals surface area contributed by atoms with Crippen LogP contribution in [0.15, 0.2) is 76.7 Å². The van der Waals surface area contributed by atoms with Crippen molar-refractivity contribution in [2.75, 3.05) is 6.54 Å². The molecule has 0 aliphatic carbocycles. The number of benzene rings is 1. The minimum atomic E-state index is 0.180. The number of fused-ring (bicyclic) bond motifs is 1. The van der Waals surface area contributed by atoms with Gasteiger partial charge in [-0.15, -0.1) is 0 Å². The summed E-state index contributed by atoms with van der Waals surface area (Å²) in [5.74, 6) is 1.71. The second-order valence-corrected chi connectivity index (χ2v) is 7.02. The summed E-state index contributed by atoms with van der Waals surface area (Å²) < 4.78 is 0. The minimum absolute atomic E-state index is 0.180. The molecule has 1 aromatic heterocycles. The van der Waals surface area contributed by atoms with Crippen LogP contribution in [-0.2, 0) is 13.0 Å². The van der Waals surface area contributed by atoms with Crippen LogP contribution >= 0.6 is 15.9 Å². The fourth-order valence-electron chi connectivity index (χ4n) is 2.88. The number of rotatable bonds is 4. The highest BCUT2D eigenvalue weighted by atomic mass is 79.9. The molecule has 6 heteroatoms. The van der Waals surface area contributed by atoms with E-state index in [2.05, 4.69) is 66.6 Å². The Morgan fingerprint density at radius 2 is 1.96 bits per heavy atom. The summed E-state index contributed by atoms with van der Waals surface area (Å²) in [4.78, 5) is 15.9. The van der Waals surface area contributed by atoms with E-state index in [1.54, 1.807) is 6.20 Å². The van der Waals surface area contributed by atoms with Crippen molar-refractivity contribution in [2.45, 2.75) is 17.9 Å². The van der Waals surface area contributed by atoms with Crippen molar-refractivity contribution in [1.82, 2.24) is 15.2 Å². The lowest BCUT2D eigenvalue weighted by Crippen LogP contribution is -2.42. The lowest BCUT2D eigenvalue weighted by molar-refractivity contribution is 0.568. The molecule has 0 bridgehead atoms. The van der Waals surface area contributed by atoms with E-state index < -0.39 is 0 Å². The summed E-state index contributed by atoms with van der Waals surface area (Å²) >= 11 is 3.69. The van der Waals surface area contributed by atoms with Gasteiger partial charge in [-0.3, -0.25) is 9.98 Å². The molecule has 0 saturated heterocycles. The van der Waals surface area contributed by atoms with E-state index in [4.69, 9.17) is 4.99 Å². The van der Waals surface area contributed by atoms with Crippen molar-refractivity contribution in [3.63, 3.8) is 0 Å². The standard InChI is InChI=1S/C19H18BrN5/c20-17-12-23-19-18(22-11-15-7-4-8-21-10-15)24-16(13-25(17)19)9-14-5-2-1-3-6-14/h1-8,10,13,17H,9,11-12H2,(H,22,24). The lowest BCUT2D eigenvalue weighted by Gasteiger charge is -2.26. The van der Waals surface area contributed by atoms with Gasteiger partial charge in [0.25, 0.3) is 0 Å². The fourth-order valence-corrected chi connectivity index (χ4v) is 3.34. The fraction of sp³-hybridized carbons (Fsp3) is 0.211. The molecule has 1 N–H and O–H groups in total. The van der Waals surface area contributed by atoms with Gasteiger partial charge in [-0.2, -0.15) is 0 Å². The van der Waals surface area contributed by atoms with Crippen LogP contribution in [0, 0.1) is 0 Å². The Hall–Kier alpha value is -2.47. The first kappa shape index (κ1) is 16.0. The predicted octanol–water partition coefficient (Wildman–Crippen LogP) is 3.10.